The zero-order valence-corrected chi connectivity index (χ0v) is 6.18. The molecule has 0 fully saturated rings. The molecule has 0 aliphatic rings. The lowest BCUT2D eigenvalue weighted by Crippen LogP contribution is -2.09. The van der Waals surface area contributed by atoms with E-state index in [4.69, 9.17) is 4.42 Å². The van der Waals surface area contributed by atoms with Gasteiger partial charge in [-0.05, 0) is 19.1 Å². The van der Waals surface area contributed by atoms with Crippen LogP contribution in [0.25, 0.3) is 0 Å². The van der Waals surface area contributed by atoms with Gasteiger partial charge in [0.25, 0.3) is 0 Å². The molecule has 0 aromatic carbocycles. The van der Waals surface area contributed by atoms with Crippen molar-refractivity contribution in [2.75, 3.05) is 7.11 Å². The number of aryl methyl sites for hydroxylation is 1. The van der Waals surface area contributed by atoms with Crippen molar-refractivity contribution >= 4 is 0 Å². The molecule has 0 unspecified atom stereocenters. The first-order valence-corrected chi connectivity index (χ1v) is 3.14. The summed E-state index contributed by atoms with van der Waals surface area (Å²) in [7, 11) is 1.58. The predicted molar refractivity (Wildman–Crippen MR) is 37.3 cm³/mol. The highest BCUT2D eigenvalue weighted by Gasteiger charge is 1.95. The highest BCUT2D eigenvalue weighted by molar-refractivity contribution is 5.04. The minimum Gasteiger partial charge on any atom is -0.465 e. The molecule has 1 aromatic rings. The monoisotopic (exact) mass is 141 g/mol. The lowest BCUT2D eigenvalue weighted by molar-refractivity contribution is 0.0816. The van der Waals surface area contributed by atoms with Crippen LogP contribution < -0.4 is 5.48 Å². The SMILES string of the molecule is CONCc1ccc(C)o1. The molecule has 3 nitrogen and oxygen atoms in total. The fraction of sp³-hybridized carbons (Fsp3) is 0.429. The van der Waals surface area contributed by atoms with Crippen LogP contribution in [-0.4, -0.2) is 7.11 Å². The van der Waals surface area contributed by atoms with Gasteiger partial charge in [0.15, 0.2) is 0 Å². The maximum absolute atomic E-state index is 5.24. The van der Waals surface area contributed by atoms with Gasteiger partial charge < -0.3 is 9.25 Å². The van der Waals surface area contributed by atoms with Crippen LogP contribution in [0.3, 0.4) is 0 Å². The summed E-state index contributed by atoms with van der Waals surface area (Å²) in [6, 6.07) is 3.84. The van der Waals surface area contributed by atoms with Gasteiger partial charge in [-0.15, -0.1) is 0 Å². The van der Waals surface area contributed by atoms with Crippen molar-refractivity contribution in [2.45, 2.75) is 13.5 Å². The van der Waals surface area contributed by atoms with Crippen molar-refractivity contribution in [2.24, 2.45) is 0 Å². The quantitative estimate of drug-likeness (QED) is 0.643. The number of furan rings is 1. The molecule has 0 amide bonds. The van der Waals surface area contributed by atoms with E-state index in [2.05, 4.69) is 10.3 Å². The van der Waals surface area contributed by atoms with Crippen LogP contribution in [0.15, 0.2) is 16.5 Å². The molecular weight excluding hydrogens is 130 g/mol. The average Bonchev–Trinajstić information content (AvgIpc) is 2.31. The third-order valence-electron chi connectivity index (χ3n) is 1.19. The second kappa shape index (κ2) is 3.39. The van der Waals surface area contributed by atoms with Gasteiger partial charge in [-0.25, -0.2) is 0 Å². The Morgan fingerprint density at radius 2 is 2.40 bits per heavy atom. The van der Waals surface area contributed by atoms with Gasteiger partial charge in [0, 0.05) is 0 Å². The molecule has 0 aliphatic carbocycles. The topological polar surface area (TPSA) is 34.4 Å². The van der Waals surface area contributed by atoms with Crippen LogP contribution in [0.1, 0.15) is 11.5 Å². The van der Waals surface area contributed by atoms with Gasteiger partial charge in [0.2, 0.25) is 0 Å². The standard InChI is InChI=1S/C7H11NO2/c1-6-3-4-7(10-6)5-8-9-2/h3-4,8H,5H2,1-2H3. The first-order chi connectivity index (χ1) is 4.83. The van der Waals surface area contributed by atoms with Crippen molar-refractivity contribution in [1.29, 1.82) is 0 Å². The summed E-state index contributed by atoms with van der Waals surface area (Å²) in [6.07, 6.45) is 0. The van der Waals surface area contributed by atoms with Crippen molar-refractivity contribution in [1.82, 2.24) is 5.48 Å². The van der Waals surface area contributed by atoms with Crippen LogP contribution >= 0.6 is 0 Å². The van der Waals surface area contributed by atoms with Gasteiger partial charge in [0.05, 0.1) is 13.7 Å². The Hall–Kier alpha value is -0.800. The molecule has 3 heteroatoms. The van der Waals surface area contributed by atoms with Crippen molar-refractivity contribution in [3.63, 3.8) is 0 Å². The molecule has 56 valence electrons. The molecule has 0 bridgehead atoms. The normalized spacial score (nSPS) is 10.2. The molecule has 0 spiro atoms. The van der Waals surface area contributed by atoms with Gasteiger partial charge in [0.1, 0.15) is 11.5 Å². The fourth-order valence-corrected chi connectivity index (χ4v) is 0.723. The first kappa shape index (κ1) is 7.31. The van der Waals surface area contributed by atoms with Crippen LogP contribution in [0, 0.1) is 6.92 Å². The van der Waals surface area contributed by atoms with Crippen LogP contribution in [0.2, 0.25) is 0 Å². The number of nitrogens with one attached hydrogen (secondary N) is 1. The molecule has 0 aliphatic heterocycles. The van der Waals surface area contributed by atoms with E-state index in [0.29, 0.717) is 6.54 Å². The summed E-state index contributed by atoms with van der Waals surface area (Å²) < 4.78 is 5.24. The van der Waals surface area contributed by atoms with E-state index in [1.165, 1.54) is 0 Å². The van der Waals surface area contributed by atoms with E-state index in [-0.39, 0.29) is 0 Å². The Labute approximate surface area is 59.9 Å². The summed E-state index contributed by atoms with van der Waals surface area (Å²) in [5.74, 6) is 1.81. The number of hydrogen-bond donors (Lipinski definition) is 1. The lowest BCUT2D eigenvalue weighted by Gasteiger charge is -1.95. The number of rotatable bonds is 3. The number of hydroxylamine groups is 1. The van der Waals surface area contributed by atoms with E-state index in [1.54, 1.807) is 7.11 Å². The second-order valence-corrected chi connectivity index (χ2v) is 2.04. The van der Waals surface area contributed by atoms with Gasteiger partial charge in [-0.1, -0.05) is 0 Å². The molecule has 0 saturated heterocycles. The smallest absolute Gasteiger partial charge is 0.120 e. The summed E-state index contributed by atoms with van der Waals surface area (Å²) in [4.78, 5) is 4.65. The van der Waals surface area contributed by atoms with E-state index in [9.17, 15) is 0 Å². The Morgan fingerprint density at radius 3 is 2.90 bits per heavy atom. The third-order valence-corrected chi connectivity index (χ3v) is 1.19. The van der Waals surface area contributed by atoms with Crippen molar-refractivity contribution < 1.29 is 9.25 Å². The van der Waals surface area contributed by atoms with Gasteiger partial charge in [-0.3, -0.25) is 0 Å². The maximum atomic E-state index is 5.24. The van der Waals surface area contributed by atoms with Crippen molar-refractivity contribution in [3.05, 3.63) is 23.7 Å². The molecule has 0 radical (unpaired) electrons. The predicted octanol–water partition coefficient (Wildman–Crippen LogP) is 1.24. The van der Waals surface area contributed by atoms with Crippen LogP contribution in [0.4, 0.5) is 0 Å². The Bertz CT molecular complexity index is 195. The highest BCUT2D eigenvalue weighted by atomic mass is 16.6. The minimum atomic E-state index is 0.615. The second-order valence-electron chi connectivity index (χ2n) is 2.04. The van der Waals surface area contributed by atoms with Crippen molar-refractivity contribution in [3.8, 4) is 0 Å². The minimum absolute atomic E-state index is 0.615. The van der Waals surface area contributed by atoms with E-state index in [1.807, 2.05) is 19.1 Å². The Balaban J connectivity index is 2.42. The largest absolute Gasteiger partial charge is 0.465 e. The Kier molecular flexibility index (Phi) is 2.48. The summed E-state index contributed by atoms with van der Waals surface area (Å²) in [6.45, 7) is 2.53. The van der Waals surface area contributed by atoms with Gasteiger partial charge >= 0.3 is 0 Å². The van der Waals surface area contributed by atoms with Gasteiger partial charge in [-0.2, -0.15) is 5.48 Å². The highest BCUT2D eigenvalue weighted by Crippen LogP contribution is 2.04. The summed E-state index contributed by atoms with van der Waals surface area (Å²) in [5.41, 5.74) is 2.68. The molecule has 1 N–H and O–H groups in total. The molecule has 1 rings (SSSR count). The molecule has 10 heavy (non-hydrogen) atoms. The molecule has 1 heterocycles. The number of hydrogen-bond acceptors (Lipinski definition) is 3. The first-order valence-electron chi connectivity index (χ1n) is 3.14. The third kappa shape index (κ3) is 1.86. The van der Waals surface area contributed by atoms with Crippen LogP contribution in [0.5, 0.6) is 0 Å². The molecule has 0 atom stereocenters. The van der Waals surface area contributed by atoms with Crippen LogP contribution in [-0.2, 0) is 11.4 Å². The maximum Gasteiger partial charge on any atom is 0.120 e. The Morgan fingerprint density at radius 1 is 1.60 bits per heavy atom. The van der Waals surface area contributed by atoms with E-state index < -0.39 is 0 Å². The molecule has 1 aromatic heterocycles. The molecule has 0 saturated carbocycles. The summed E-state index contributed by atoms with van der Waals surface area (Å²) >= 11 is 0. The van der Waals surface area contributed by atoms with E-state index >= 15 is 0 Å². The fourth-order valence-electron chi connectivity index (χ4n) is 0.723. The zero-order valence-electron chi connectivity index (χ0n) is 6.18. The average molecular weight is 141 g/mol. The zero-order chi connectivity index (χ0) is 7.40. The summed E-state index contributed by atoms with van der Waals surface area (Å²) in [5, 5.41) is 0. The van der Waals surface area contributed by atoms with E-state index in [0.717, 1.165) is 11.5 Å². The lowest BCUT2D eigenvalue weighted by atomic mass is 10.4. The molecular formula is C7H11NO2.